The minimum absolute atomic E-state index is 0.0279. The van der Waals surface area contributed by atoms with Crippen LogP contribution in [0.4, 0.5) is 5.69 Å². The minimum atomic E-state index is -4.20. The summed E-state index contributed by atoms with van der Waals surface area (Å²) in [5.74, 6) is -0.438. The molecule has 0 fully saturated rings. The molecule has 1 atom stereocenters. The lowest BCUT2D eigenvalue weighted by atomic mass is 10.0. The molecule has 0 saturated heterocycles. The van der Waals surface area contributed by atoms with E-state index in [0.717, 1.165) is 22.7 Å². The largest absolute Gasteiger partial charge is 0.497 e. The molecule has 1 unspecified atom stereocenters. The molecule has 0 bridgehead atoms. The number of amides is 2. The minimum Gasteiger partial charge on any atom is -0.497 e. The maximum absolute atomic E-state index is 14.5. The maximum Gasteiger partial charge on any atom is 0.264 e. The summed E-state index contributed by atoms with van der Waals surface area (Å²) >= 11 is 6.30. The predicted molar refractivity (Wildman–Crippen MR) is 178 cm³/mol. The van der Waals surface area contributed by atoms with Crippen molar-refractivity contribution >= 4 is 39.1 Å². The lowest BCUT2D eigenvalue weighted by Crippen LogP contribution is -2.53. The summed E-state index contributed by atoms with van der Waals surface area (Å²) in [6, 6.07) is 30.0. The van der Waals surface area contributed by atoms with E-state index in [9.17, 15) is 18.0 Å². The molecule has 10 heteroatoms. The molecule has 4 aromatic carbocycles. The number of carbonyl (C=O) groups is 2. The van der Waals surface area contributed by atoms with E-state index in [-0.39, 0.29) is 29.5 Å². The molecule has 4 aromatic rings. The van der Waals surface area contributed by atoms with Crippen LogP contribution in [0.1, 0.15) is 30.9 Å². The molecule has 2 amide bonds. The van der Waals surface area contributed by atoms with Gasteiger partial charge in [0, 0.05) is 30.6 Å². The number of ether oxygens (including phenoxy) is 1. The Morgan fingerprint density at radius 2 is 1.53 bits per heavy atom. The summed E-state index contributed by atoms with van der Waals surface area (Å²) in [6.45, 7) is 1.97. The number of unbranched alkanes of at least 4 members (excludes halogenated alkanes) is 1. The second kappa shape index (κ2) is 16.1. The monoisotopic (exact) mass is 647 g/mol. The smallest absolute Gasteiger partial charge is 0.264 e. The van der Waals surface area contributed by atoms with Crippen molar-refractivity contribution in [3.63, 3.8) is 0 Å². The molecule has 0 radical (unpaired) electrons. The van der Waals surface area contributed by atoms with Crippen LogP contribution in [-0.2, 0) is 32.6 Å². The molecule has 0 aliphatic heterocycles. The van der Waals surface area contributed by atoms with Crippen molar-refractivity contribution in [3.05, 3.63) is 125 Å². The van der Waals surface area contributed by atoms with Gasteiger partial charge in [0.15, 0.2) is 0 Å². The van der Waals surface area contributed by atoms with Crippen LogP contribution >= 0.6 is 11.6 Å². The summed E-state index contributed by atoms with van der Waals surface area (Å²) in [6.07, 6.45) is 1.91. The van der Waals surface area contributed by atoms with Crippen LogP contribution in [0.15, 0.2) is 114 Å². The molecule has 0 aliphatic rings. The molecule has 4 rings (SSSR count). The average Bonchev–Trinajstić information content (AvgIpc) is 3.06. The quantitative estimate of drug-likeness (QED) is 0.157. The zero-order valence-electron chi connectivity index (χ0n) is 25.4. The summed E-state index contributed by atoms with van der Waals surface area (Å²) in [5, 5.41) is 3.47. The van der Waals surface area contributed by atoms with Crippen molar-refractivity contribution in [1.29, 1.82) is 0 Å². The first-order valence-corrected chi connectivity index (χ1v) is 16.6. The Morgan fingerprint density at radius 1 is 0.867 bits per heavy atom. The van der Waals surface area contributed by atoms with E-state index in [4.69, 9.17) is 16.3 Å². The van der Waals surface area contributed by atoms with Gasteiger partial charge < -0.3 is 15.0 Å². The first-order chi connectivity index (χ1) is 21.7. The second-order valence-electron chi connectivity index (χ2n) is 10.5. The first kappa shape index (κ1) is 33.6. The number of hydrogen-bond acceptors (Lipinski definition) is 5. The van der Waals surface area contributed by atoms with E-state index in [1.54, 1.807) is 60.7 Å². The molecule has 0 aliphatic carbocycles. The number of anilines is 1. The molecule has 236 valence electrons. The fourth-order valence-electron chi connectivity index (χ4n) is 4.91. The van der Waals surface area contributed by atoms with E-state index in [2.05, 4.69) is 5.32 Å². The Morgan fingerprint density at radius 3 is 2.20 bits per heavy atom. The highest BCUT2D eigenvalue weighted by Gasteiger charge is 2.34. The number of nitrogens with zero attached hydrogens (tertiary/aromatic N) is 2. The highest BCUT2D eigenvalue weighted by Crippen LogP contribution is 2.28. The van der Waals surface area contributed by atoms with E-state index in [1.807, 2.05) is 43.3 Å². The van der Waals surface area contributed by atoms with Gasteiger partial charge in [-0.25, -0.2) is 8.42 Å². The van der Waals surface area contributed by atoms with Crippen molar-refractivity contribution < 1.29 is 22.7 Å². The summed E-state index contributed by atoms with van der Waals surface area (Å²) in [4.78, 5) is 29.8. The number of benzene rings is 4. The van der Waals surface area contributed by atoms with Crippen molar-refractivity contribution in [2.45, 2.75) is 43.7 Å². The van der Waals surface area contributed by atoms with Crippen LogP contribution in [0.2, 0.25) is 5.02 Å². The fourth-order valence-corrected chi connectivity index (χ4v) is 6.55. The third-order valence-corrected chi connectivity index (χ3v) is 9.32. The van der Waals surface area contributed by atoms with Crippen LogP contribution in [0, 0.1) is 0 Å². The molecular formula is C35H38ClN3O5S. The van der Waals surface area contributed by atoms with Crippen LogP contribution in [-0.4, -0.2) is 51.4 Å². The lowest BCUT2D eigenvalue weighted by molar-refractivity contribution is -0.140. The lowest BCUT2D eigenvalue weighted by Gasteiger charge is -2.34. The van der Waals surface area contributed by atoms with Gasteiger partial charge in [-0.15, -0.1) is 0 Å². The van der Waals surface area contributed by atoms with Gasteiger partial charge in [-0.3, -0.25) is 13.9 Å². The maximum atomic E-state index is 14.5. The first-order valence-electron chi connectivity index (χ1n) is 14.8. The zero-order chi connectivity index (χ0) is 32.2. The SMILES string of the molecule is CCCCNC(=O)C(Cc1ccccc1)N(Cc1cccc(Cl)c1)C(=O)CN(c1cccc(OC)c1)S(=O)(=O)c1ccccc1. The zero-order valence-corrected chi connectivity index (χ0v) is 27.0. The second-order valence-corrected chi connectivity index (χ2v) is 12.8. The molecule has 45 heavy (non-hydrogen) atoms. The van der Waals surface area contributed by atoms with E-state index in [1.165, 1.54) is 24.1 Å². The molecule has 0 aromatic heterocycles. The Labute approximate surface area is 270 Å². The van der Waals surface area contributed by atoms with E-state index >= 15 is 0 Å². The normalized spacial score (nSPS) is 11.8. The number of methoxy groups -OCH3 is 1. The molecule has 0 spiro atoms. The Hall–Kier alpha value is -4.34. The van der Waals surface area contributed by atoms with Crippen molar-refractivity contribution in [3.8, 4) is 5.75 Å². The standard InChI is InChI=1S/C35H38ClN3O5S/c1-3-4-21-37-35(41)33(23-27-13-7-5-8-14-27)38(25-28-15-11-16-29(36)22-28)34(40)26-39(30-17-12-18-31(24-30)44-2)45(42,43)32-19-9-6-10-20-32/h5-20,22,24,33H,3-4,21,23,25-26H2,1-2H3,(H,37,41). The highest BCUT2D eigenvalue weighted by molar-refractivity contribution is 7.92. The average molecular weight is 648 g/mol. The predicted octanol–water partition coefficient (Wildman–Crippen LogP) is 6.10. The van der Waals surface area contributed by atoms with Crippen LogP contribution in [0.3, 0.4) is 0 Å². The summed E-state index contributed by atoms with van der Waals surface area (Å²) in [5.41, 5.74) is 1.81. The van der Waals surface area contributed by atoms with Crippen molar-refractivity contribution in [2.24, 2.45) is 0 Å². The number of sulfonamides is 1. The Balaban J connectivity index is 1.79. The van der Waals surface area contributed by atoms with Gasteiger partial charge in [-0.1, -0.05) is 91.7 Å². The molecule has 0 heterocycles. The van der Waals surface area contributed by atoms with Gasteiger partial charge >= 0.3 is 0 Å². The number of rotatable bonds is 15. The third kappa shape index (κ3) is 9.09. The van der Waals surface area contributed by atoms with Crippen molar-refractivity contribution in [2.75, 3.05) is 24.5 Å². The molecule has 0 saturated carbocycles. The molecule has 8 nitrogen and oxygen atoms in total. The van der Waals surface area contributed by atoms with Gasteiger partial charge in [-0.2, -0.15) is 0 Å². The molecular weight excluding hydrogens is 610 g/mol. The van der Waals surface area contributed by atoms with Gasteiger partial charge in [0.25, 0.3) is 10.0 Å². The van der Waals surface area contributed by atoms with Gasteiger partial charge in [0.2, 0.25) is 11.8 Å². The van der Waals surface area contributed by atoms with Crippen LogP contribution in [0.25, 0.3) is 0 Å². The van der Waals surface area contributed by atoms with Crippen LogP contribution in [0.5, 0.6) is 5.75 Å². The van der Waals surface area contributed by atoms with E-state index in [0.29, 0.717) is 22.9 Å². The fraction of sp³-hybridized carbons (Fsp3) is 0.257. The third-order valence-electron chi connectivity index (χ3n) is 7.29. The van der Waals surface area contributed by atoms with Gasteiger partial charge in [0.1, 0.15) is 18.3 Å². The highest BCUT2D eigenvalue weighted by atomic mass is 35.5. The summed E-state index contributed by atoms with van der Waals surface area (Å²) in [7, 11) is -2.72. The van der Waals surface area contributed by atoms with Gasteiger partial charge in [-0.05, 0) is 53.9 Å². The summed E-state index contributed by atoms with van der Waals surface area (Å²) < 4.78 is 34.6. The van der Waals surface area contributed by atoms with Gasteiger partial charge in [0.05, 0.1) is 17.7 Å². The number of carbonyl (C=O) groups excluding carboxylic acids is 2. The van der Waals surface area contributed by atoms with Crippen LogP contribution < -0.4 is 14.4 Å². The van der Waals surface area contributed by atoms with E-state index < -0.39 is 28.5 Å². The van der Waals surface area contributed by atoms with Crippen molar-refractivity contribution in [1.82, 2.24) is 10.2 Å². The molecule has 1 N–H and O–H groups in total. The topological polar surface area (TPSA) is 96.0 Å². The number of hydrogen-bond donors (Lipinski definition) is 1. The number of nitrogens with one attached hydrogen (secondary N) is 1. The Kier molecular flexibility index (Phi) is 12.0. The number of halogens is 1. The Bertz CT molecular complexity index is 1670.